The molecule has 1 aliphatic rings. The van der Waals surface area contributed by atoms with Crippen molar-refractivity contribution in [1.29, 1.82) is 0 Å². The molecular weight excluding hydrogens is 204 g/mol. The van der Waals surface area contributed by atoms with E-state index in [1.54, 1.807) is 12.4 Å². The van der Waals surface area contributed by atoms with Crippen molar-refractivity contribution in [2.24, 2.45) is 0 Å². The number of aromatic nitrogens is 2. The fraction of sp³-hybridized carbons (Fsp3) is 0.500. The van der Waals surface area contributed by atoms with Gasteiger partial charge in [0.25, 0.3) is 0 Å². The number of aliphatic hydroxyl groups is 1. The van der Waals surface area contributed by atoms with Gasteiger partial charge < -0.3 is 9.84 Å². The number of hydrogen-bond donors (Lipinski definition) is 1. The Morgan fingerprint density at radius 2 is 2.19 bits per heavy atom. The van der Waals surface area contributed by atoms with E-state index in [0.29, 0.717) is 13.0 Å². The summed E-state index contributed by atoms with van der Waals surface area (Å²) in [6.45, 7) is 4.37. The van der Waals surface area contributed by atoms with Crippen LogP contribution in [0.15, 0.2) is 18.0 Å². The minimum Gasteiger partial charge on any atom is -0.390 e. The Morgan fingerprint density at radius 1 is 1.44 bits per heavy atom. The monoisotopic (exact) mass is 220 g/mol. The fourth-order valence-corrected chi connectivity index (χ4v) is 1.70. The molecule has 0 amide bonds. The van der Waals surface area contributed by atoms with Crippen LogP contribution >= 0.6 is 0 Å². The van der Waals surface area contributed by atoms with Crippen LogP contribution in [0, 0.1) is 6.92 Å². The molecule has 1 N–H and O–H groups in total. The van der Waals surface area contributed by atoms with Gasteiger partial charge in [0.05, 0.1) is 30.2 Å². The summed E-state index contributed by atoms with van der Waals surface area (Å²) in [6.07, 6.45) is 5.44. The average Bonchev–Trinajstić information content (AvgIpc) is 2.27. The molecule has 1 fully saturated rings. The van der Waals surface area contributed by atoms with Crippen LogP contribution in [0.5, 0.6) is 0 Å². The highest BCUT2D eigenvalue weighted by Crippen LogP contribution is 2.20. The summed E-state index contributed by atoms with van der Waals surface area (Å²) in [7, 11) is 0. The third kappa shape index (κ3) is 2.46. The Labute approximate surface area is 95.0 Å². The summed E-state index contributed by atoms with van der Waals surface area (Å²) < 4.78 is 5.45. The van der Waals surface area contributed by atoms with E-state index in [0.717, 1.165) is 17.0 Å². The van der Waals surface area contributed by atoms with Crippen LogP contribution in [0.25, 0.3) is 6.08 Å². The van der Waals surface area contributed by atoms with Crippen LogP contribution in [-0.4, -0.2) is 33.9 Å². The van der Waals surface area contributed by atoms with E-state index in [1.807, 2.05) is 19.9 Å². The number of nitrogens with zero attached hydrogens (tertiary/aromatic N) is 2. The van der Waals surface area contributed by atoms with E-state index in [2.05, 4.69) is 9.97 Å². The maximum absolute atomic E-state index is 9.69. The van der Waals surface area contributed by atoms with Gasteiger partial charge in [0.15, 0.2) is 0 Å². The summed E-state index contributed by atoms with van der Waals surface area (Å²) in [4.78, 5) is 8.41. The molecule has 2 unspecified atom stereocenters. The molecule has 0 saturated carbocycles. The van der Waals surface area contributed by atoms with Crippen molar-refractivity contribution in [2.45, 2.75) is 32.5 Å². The predicted molar refractivity (Wildman–Crippen MR) is 60.8 cm³/mol. The quantitative estimate of drug-likeness (QED) is 0.776. The van der Waals surface area contributed by atoms with E-state index in [1.165, 1.54) is 0 Å². The number of aliphatic hydroxyl groups excluding tert-OH is 1. The number of rotatable bonds is 1. The van der Waals surface area contributed by atoms with Crippen molar-refractivity contribution in [3.63, 3.8) is 0 Å². The molecule has 1 saturated heterocycles. The smallest absolute Gasteiger partial charge is 0.0842 e. The Hall–Kier alpha value is -1.26. The molecule has 4 heteroatoms. The Balaban J connectivity index is 2.16. The molecule has 4 nitrogen and oxygen atoms in total. The predicted octanol–water partition coefficient (Wildman–Crippen LogP) is 1.34. The lowest BCUT2D eigenvalue weighted by molar-refractivity contribution is -0.0403. The van der Waals surface area contributed by atoms with Crippen LogP contribution in [0.3, 0.4) is 0 Å². The largest absolute Gasteiger partial charge is 0.390 e. The molecule has 0 spiro atoms. The molecule has 0 radical (unpaired) electrons. The number of hydrogen-bond acceptors (Lipinski definition) is 4. The molecule has 1 aromatic heterocycles. The van der Waals surface area contributed by atoms with Gasteiger partial charge in [-0.2, -0.15) is 0 Å². The van der Waals surface area contributed by atoms with Crippen molar-refractivity contribution >= 4 is 6.08 Å². The second-order valence-electron chi connectivity index (χ2n) is 4.12. The molecule has 0 bridgehead atoms. The summed E-state index contributed by atoms with van der Waals surface area (Å²) in [5, 5.41) is 9.69. The molecule has 0 aromatic carbocycles. The lowest BCUT2D eigenvalue weighted by Crippen LogP contribution is -2.32. The van der Waals surface area contributed by atoms with Gasteiger partial charge in [-0.1, -0.05) is 0 Å². The Kier molecular flexibility index (Phi) is 3.31. The van der Waals surface area contributed by atoms with Crippen molar-refractivity contribution < 1.29 is 9.84 Å². The van der Waals surface area contributed by atoms with E-state index in [4.69, 9.17) is 4.74 Å². The topological polar surface area (TPSA) is 55.2 Å². The fourth-order valence-electron chi connectivity index (χ4n) is 1.70. The van der Waals surface area contributed by atoms with Gasteiger partial charge in [-0.25, -0.2) is 0 Å². The first-order chi connectivity index (χ1) is 7.66. The molecule has 1 aromatic rings. The minimum atomic E-state index is -0.419. The normalized spacial score (nSPS) is 28.3. The van der Waals surface area contributed by atoms with E-state index < -0.39 is 6.10 Å². The Bertz CT molecular complexity index is 404. The van der Waals surface area contributed by atoms with Gasteiger partial charge in [0.2, 0.25) is 0 Å². The van der Waals surface area contributed by atoms with Gasteiger partial charge in [0.1, 0.15) is 0 Å². The number of ether oxygens (including phenoxy) is 1. The van der Waals surface area contributed by atoms with Crippen LogP contribution in [0.4, 0.5) is 0 Å². The van der Waals surface area contributed by atoms with Crippen molar-refractivity contribution in [3.8, 4) is 0 Å². The lowest BCUT2D eigenvalue weighted by atomic mass is 10.0. The number of aryl methyl sites for hydroxylation is 1. The van der Waals surface area contributed by atoms with Crippen molar-refractivity contribution in [1.82, 2.24) is 9.97 Å². The van der Waals surface area contributed by atoms with Gasteiger partial charge in [0, 0.05) is 12.4 Å². The molecule has 86 valence electrons. The van der Waals surface area contributed by atoms with E-state index in [-0.39, 0.29) is 6.10 Å². The van der Waals surface area contributed by atoms with E-state index >= 15 is 0 Å². The van der Waals surface area contributed by atoms with Crippen LogP contribution < -0.4 is 0 Å². The summed E-state index contributed by atoms with van der Waals surface area (Å²) in [5.41, 5.74) is 2.81. The molecule has 2 rings (SSSR count). The zero-order valence-electron chi connectivity index (χ0n) is 9.55. The third-order valence-corrected chi connectivity index (χ3v) is 2.80. The second kappa shape index (κ2) is 4.72. The highest BCUT2D eigenvalue weighted by molar-refractivity contribution is 5.51. The minimum absolute atomic E-state index is 0.0832. The zero-order chi connectivity index (χ0) is 11.5. The molecule has 2 atom stereocenters. The maximum Gasteiger partial charge on any atom is 0.0842 e. The average molecular weight is 220 g/mol. The van der Waals surface area contributed by atoms with Crippen molar-refractivity contribution in [2.75, 3.05) is 6.61 Å². The first-order valence-electron chi connectivity index (χ1n) is 5.43. The molecular formula is C12H16N2O2. The van der Waals surface area contributed by atoms with Gasteiger partial charge in [-0.05, 0) is 31.9 Å². The lowest BCUT2D eigenvalue weighted by Gasteiger charge is -2.26. The van der Waals surface area contributed by atoms with Gasteiger partial charge in [-0.3, -0.25) is 9.97 Å². The summed E-state index contributed by atoms with van der Waals surface area (Å²) in [6, 6.07) is 0. The second-order valence-corrected chi connectivity index (χ2v) is 4.12. The Morgan fingerprint density at radius 3 is 2.88 bits per heavy atom. The van der Waals surface area contributed by atoms with Crippen LogP contribution in [0.1, 0.15) is 24.7 Å². The van der Waals surface area contributed by atoms with Gasteiger partial charge >= 0.3 is 0 Å². The SMILES string of the molecule is Cc1nccnc1/C=C1\COC(C)C(O)C1. The molecule has 0 aliphatic carbocycles. The molecule has 16 heavy (non-hydrogen) atoms. The van der Waals surface area contributed by atoms with Gasteiger partial charge in [-0.15, -0.1) is 0 Å². The first kappa shape index (κ1) is 11.2. The van der Waals surface area contributed by atoms with Crippen LogP contribution in [0.2, 0.25) is 0 Å². The molecule has 2 heterocycles. The van der Waals surface area contributed by atoms with Crippen LogP contribution in [-0.2, 0) is 4.74 Å². The van der Waals surface area contributed by atoms with E-state index in [9.17, 15) is 5.11 Å². The highest BCUT2D eigenvalue weighted by atomic mass is 16.5. The zero-order valence-corrected chi connectivity index (χ0v) is 9.55. The third-order valence-electron chi connectivity index (χ3n) is 2.80. The van der Waals surface area contributed by atoms with Crippen molar-refractivity contribution in [3.05, 3.63) is 29.4 Å². The first-order valence-corrected chi connectivity index (χ1v) is 5.43. The standard InChI is InChI=1S/C12H16N2O2/c1-8-11(14-4-3-13-8)5-10-6-12(15)9(2)16-7-10/h3-5,9,12,15H,6-7H2,1-2H3/b10-5-. The molecule has 1 aliphatic heterocycles. The maximum atomic E-state index is 9.69. The summed E-state index contributed by atoms with van der Waals surface area (Å²) in [5.74, 6) is 0. The summed E-state index contributed by atoms with van der Waals surface area (Å²) >= 11 is 0. The highest BCUT2D eigenvalue weighted by Gasteiger charge is 2.22.